The molecule has 0 aromatic heterocycles. The Hall–Kier alpha value is -3.14. The molecule has 9 nitrogen and oxygen atoms in total. The Kier molecular flexibility index (Phi) is 5.73. The number of sulfonamides is 1. The van der Waals surface area contributed by atoms with Crippen molar-refractivity contribution < 1.29 is 32.2 Å². The molecule has 1 amide bonds. The summed E-state index contributed by atoms with van der Waals surface area (Å²) in [5, 5.41) is 2.71. The van der Waals surface area contributed by atoms with E-state index < -0.39 is 22.0 Å². The molecule has 1 aliphatic heterocycles. The lowest BCUT2D eigenvalue weighted by Gasteiger charge is -2.28. The molecular formula is C19H22N2O7S. The van der Waals surface area contributed by atoms with Crippen LogP contribution in [-0.4, -0.2) is 47.6 Å². The molecule has 0 saturated carbocycles. The van der Waals surface area contributed by atoms with E-state index in [4.69, 9.17) is 18.9 Å². The maximum atomic E-state index is 12.8. The third kappa shape index (κ3) is 4.32. The zero-order valence-electron chi connectivity index (χ0n) is 16.5. The van der Waals surface area contributed by atoms with Crippen LogP contribution < -0.4 is 28.6 Å². The van der Waals surface area contributed by atoms with Gasteiger partial charge in [-0.05, 0) is 31.2 Å². The first-order chi connectivity index (χ1) is 13.7. The molecule has 1 aliphatic rings. The molecule has 0 fully saturated rings. The summed E-state index contributed by atoms with van der Waals surface area (Å²) in [5.41, 5.74) is 0.741. The number of nitrogens with one attached hydrogen (secondary N) is 1. The Morgan fingerprint density at radius 1 is 1.07 bits per heavy atom. The van der Waals surface area contributed by atoms with Gasteiger partial charge in [-0.15, -0.1) is 0 Å². The number of fused-ring (bicyclic) bond motifs is 1. The molecule has 2 aromatic rings. The van der Waals surface area contributed by atoms with Crippen molar-refractivity contribution in [2.75, 3.05) is 36.9 Å². The minimum atomic E-state index is -3.78. The number of anilines is 2. The summed E-state index contributed by atoms with van der Waals surface area (Å²) in [7, 11) is -0.851. The number of ether oxygens (including phenoxy) is 4. The summed E-state index contributed by atoms with van der Waals surface area (Å²) < 4.78 is 46.9. The van der Waals surface area contributed by atoms with Gasteiger partial charge in [0.25, 0.3) is 0 Å². The van der Waals surface area contributed by atoms with E-state index in [1.807, 2.05) is 0 Å². The van der Waals surface area contributed by atoms with Gasteiger partial charge in [-0.25, -0.2) is 8.42 Å². The van der Waals surface area contributed by atoms with Crippen LogP contribution in [0.4, 0.5) is 11.4 Å². The van der Waals surface area contributed by atoms with Gasteiger partial charge in [0.15, 0.2) is 23.0 Å². The van der Waals surface area contributed by atoms with Gasteiger partial charge in [0, 0.05) is 17.8 Å². The topological polar surface area (TPSA) is 103 Å². The van der Waals surface area contributed by atoms with Crippen LogP contribution >= 0.6 is 0 Å². The maximum absolute atomic E-state index is 12.8. The molecule has 3 rings (SSSR count). The molecule has 0 saturated heterocycles. The zero-order chi connectivity index (χ0) is 21.2. The number of hydrogen-bond donors (Lipinski definition) is 1. The van der Waals surface area contributed by atoms with E-state index in [2.05, 4.69) is 5.32 Å². The fraction of sp³-hybridized carbons (Fsp3) is 0.316. The minimum absolute atomic E-state index is 0.115. The number of carbonyl (C=O) groups is 1. The smallest absolute Gasteiger partial charge is 0.247 e. The van der Waals surface area contributed by atoms with E-state index >= 15 is 0 Å². The third-order valence-electron chi connectivity index (χ3n) is 4.35. The number of hydrogen-bond acceptors (Lipinski definition) is 7. The van der Waals surface area contributed by atoms with Gasteiger partial charge >= 0.3 is 0 Å². The standard InChI is InChI=1S/C19H22N2O7S/c1-12(19(22)20-13-5-7-16-18(9-13)28-11-27-16)21(29(4,23)24)14-6-8-15(25-2)17(10-14)26-3/h5-10,12H,11H2,1-4H3,(H,20,22)/t12-/m0/s1. The molecule has 1 heterocycles. The van der Waals surface area contributed by atoms with E-state index in [-0.39, 0.29) is 12.5 Å². The summed E-state index contributed by atoms with van der Waals surface area (Å²) >= 11 is 0. The number of benzene rings is 2. The van der Waals surface area contributed by atoms with Gasteiger partial charge in [-0.3, -0.25) is 9.10 Å². The molecule has 10 heteroatoms. The fourth-order valence-corrected chi connectivity index (χ4v) is 4.16. The summed E-state index contributed by atoms with van der Waals surface area (Å²) in [5.74, 6) is 1.38. The minimum Gasteiger partial charge on any atom is -0.493 e. The molecule has 0 unspecified atom stereocenters. The number of carbonyl (C=O) groups excluding carboxylic acids is 1. The van der Waals surface area contributed by atoms with Crippen LogP contribution in [0.5, 0.6) is 23.0 Å². The molecule has 0 spiro atoms. The Bertz CT molecular complexity index is 1020. The number of amides is 1. The van der Waals surface area contributed by atoms with Crippen molar-refractivity contribution in [1.82, 2.24) is 0 Å². The SMILES string of the molecule is COc1ccc(N([C@@H](C)C(=O)Nc2ccc3c(c2)OCO3)S(C)(=O)=O)cc1OC. The predicted octanol–water partition coefficient (Wildman–Crippen LogP) is 2.23. The van der Waals surface area contributed by atoms with Crippen LogP contribution in [-0.2, 0) is 14.8 Å². The van der Waals surface area contributed by atoms with E-state index in [1.54, 1.807) is 30.3 Å². The largest absolute Gasteiger partial charge is 0.493 e. The van der Waals surface area contributed by atoms with E-state index in [1.165, 1.54) is 27.2 Å². The van der Waals surface area contributed by atoms with Crippen LogP contribution in [0.25, 0.3) is 0 Å². The Morgan fingerprint density at radius 3 is 2.41 bits per heavy atom. The first-order valence-electron chi connectivity index (χ1n) is 8.66. The molecule has 2 aromatic carbocycles. The van der Waals surface area contributed by atoms with E-state index in [0.29, 0.717) is 28.7 Å². The van der Waals surface area contributed by atoms with Gasteiger partial charge in [-0.2, -0.15) is 0 Å². The average molecular weight is 422 g/mol. The summed E-state index contributed by atoms with van der Waals surface area (Å²) in [4.78, 5) is 12.8. The highest BCUT2D eigenvalue weighted by molar-refractivity contribution is 7.92. The highest BCUT2D eigenvalue weighted by atomic mass is 32.2. The highest BCUT2D eigenvalue weighted by Crippen LogP contribution is 2.35. The lowest BCUT2D eigenvalue weighted by atomic mass is 10.2. The maximum Gasteiger partial charge on any atom is 0.247 e. The van der Waals surface area contributed by atoms with Crippen molar-refractivity contribution in [3.63, 3.8) is 0 Å². The van der Waals surface area contributed by atoms with Crippen LogP contribution in [0.15, 0.2) is 36.4 Å². The molecule has 1 atom stereocenters. The number of rotatable bonds is 7. The number of methoxy groups -OCH3 is 2. The van der Waals surface area contributed by atoms with Gasteiger partial charge in [0.05, 0.1) is 26.2 Å². The molecule has 0 aliphatic carbocycles. The monoisotopic (exact) mass is 422 g/mol. The van der Waals surface area contributed by atoms with Crippen molar-refractivity contribution in [1.29, 1.82) is 0 Å². The Labute approximate surface area is 169 Å². The Balaban J connectivity index is 1.88. The van der Waals surface area contributed by atoms with Crippen LogP contribution in [0, 0.1) is 0 Å². The molecule has 156 valence electrons. The van der Waals surface area contributed by atoms with Crippen molar-refractivity contribution in [2.45, 2.75) is 13.0 Å². The van der Waals surface area contributed by atoms with Gasteiger partial charge in [-0.1, -0.05) is 0 Å². The zero-order valence-corrected chi connectivity index (χ0v) is 17.3. The van der Waals surface area contributed by atoms with Crippen molar-refractivity contribution in [3.8, 4) is 23.0 Å². The molecular weight excluding hydrogens is 400 g/mol. The first kappa shape index (κ1) is 20.6. The van der Waals surface area contributed by atoms with E-state index in [0.717, 1.165) is 10.6 Å². The Morgan fingerprint density at radius 2 is 1.76 bits per heavy atom. The van der Waals surface area contributed by atoms with Gasteiger partial charge < -0.3 is 24.3 Å². The fourth-order valence-electron chi connectivity index (χ4n) is 2.99. The van der Waals surface area contributed by atoms with Crippen molar-refractivity contribution >= 4 is 27.3 Å². The van der Waals surface area contributed by atoms with Crippen LogP contribution in [0.2, 0.25) is 0 Å². The predicted molar refractivity (Wildman–Crippen MR) is 108 cm³/mol. The van der Waals surface area contributed by atoms with Crippen molar-refractivity contribution in [2.24, 2.45) is 0 Å². The molecule has 1 N–H and O–H groups in total. The average Bonchev–Trinajstić information content (AvgIpc) is 3.14. The normalized spacial score (nSPS) is 13.5. The third-order valence-corrected chi connectivity index (χ3v) is 5.59. The lowest BCUT2D eigenvalue weighted by Crippen LogP contribution is -2.45. The molecule has 0 radical (unpaired) electrons. The van der Waals surface area contributed by atoms with Crippen LogP contribution in [0.1, 0.15) is 6.92 Å². The highest BCUT2D eigenvalue weighted by Gasteiger charge is 2.30. The lowest BCUT2D eigenvalue weighted by molar-refractivity contribution is -0.116. The second-order valence-corrected chi connectivity index (χ2v) is 8.19. The molecule has 0 bridgehead atoms. The first-order valence-corrected chi connectivity index (χ1v) is 10.5. The molecule has 29 heavy (non-hydrogen) atoms. The second-order valence-electron chi connectivity index (χ2n) is 6.33. The summed E-state index contributed by atoms with van der Waals surface area (Å²) in [6, 6.07) is 8.54. The number of nitrogens with zero attached hydrogens (tertiary/aromatic N) is 1. The van der Waals surface area contributed by atoms with Gasteiger partial charge in [0.1, 0.15) is 6.04 Å². The second kappa shape index (κ2) is 8.08. The van der Waals surface area contributed by atoms with E-state index in [9.17, 15) is 13.2 Å². The van der Waals surface area contributed by atoms with Crippen molar-refractivity contribution in [3.05, 3.63) is 36.4 Å². The quantitative estimate of drug-likeness (QED) is 0.730. The van der Waals surface area contributed by atoms with Crippen LogP contribution in [0.3, 0.4) is 0 Å². The summed E-state index contributed by atoms with van der Waals surface area (Å²) in [6.07, 6.45) is 1.04. The summed E-state index contributed by atoms with van der Waals surface area (Å²) in [6.45, 7) is 1.62. The van der Waals surface area contributed by atoms with Gasteiger partial charge in [0.2, 0.25) is 22.7 Å².